The third-order valence-corrected chi connectivity index (χ3v) is 3.35. The third-order valence-electron chi connectivity index (χ3n) is 2.63. The second-order valence-electron chi connectivity index (χ2n) is 4.29. The van der Waals surface area contributed by atoms with Gasteiger partial charge in [0.15, 0.2) is 0 Å². The van der Waals surface area contributed by atoms with E-state index in [-0.39, 0.29) is 11.6 Å². The molecule has 0 fully saturated rings. The summed E-state index contributed by atoms with van der Waals surface area (Å²) in [7, 11) is 0. The number of alkyl halides is 3. The average molecular weight is 407 g/mol. The summed E-state index contributed by atoms with van der Waals surface area (Å²) >= 11 is 2.16. The Morgan fingerprint density at radius 2 is 1.71 bits per heavy atom. The summed E-state index contributed by atoms with van der Waals surface area (Å²) in [5.74, 6) is 0.349. The zero-order valence-corrected chi connectivity index (χ0v) is 13.3. The number of anilines is 3. The maximum Gasteiger partial charge on any atom is 0.416 e. The number of benzene rings is 1. The number of nitrogens with zero attached hydrogens (tertiary/aromatic N) is 1. The number of hydrogen-bond donors (Lipinski definition) is 2. The molecule has 2 rings (SSSR count). The van der Waals surface area contributed by atoms with E-state index in [2.05, 4.69) is 38.2 Å². The SMILES string of the molecule is CCNc1cc(C(F)(F)F)cc(Nc2ccc(I)cc2)n1. The lowest BCUT2D eigenvalue weighted by atomic mass is 10.2. The van der Waals surface area contributed by atoms with Gasteiger partial charge in [-0.2, -0.15) is 13.2 Å². The molecule has 2 N–H and O–H groups in total. The van der Waals surface area contributed by atoms with Crippen LogP contribution in [0.4, 0.5) is 30.5 Å². The molecular formula is C14H13F3IN3. The lowest BCUT2D eigenvalue weighted by Gasteiger charge is -2.13. The van der Waals surface area contributed by atoms with Crippen LogP contribution in [0.5, 0.6) is 0 Å². The number of halogens is 4. The molecule has 21 heavy (non-hydrogen) atoms. The first-order valence-electron chi connectivity index (χ1n) is 6.24. The Hall–Kier alpha value is -1.51. The number of aromatic nitrogens is 1. The molecule has 112 valence electrons. The van der Waals surface area contributed by atoms with Crippen LogP contribution < -0.4 is 10.6 Å². The van der Waals surface area contributed by atoms with Gasteiger partial charge in [-0.05, 0) is 65.9 Å². The van der Waals surface area contributed by atoms with Crippen LogP contribution in [-0.4, -0.2) is 11.5 Å². The van der Waals surface area contributed by atoms with Crippen LogP contribution in [0.2, 0.25) is 0 Å². The maximum atomic E-state index is 12.9. The quantitative estimate of drug-likeness (QED) is 0.710. The molecule has 0 saturated carbocycles. The van der Waals surface area contributed by atoms with Crippen molar-refractivity contribution in [2.45, 2.75) is 13.1 Å². The Bertz CT molecular complexity index is 612. The minimum Gasteiger partial charge on any atom is -0.370 e. The molecule has 7 heteroatoms. The van der Waals surface area contributed by atoms with Crippen molar-refractivity contribution in [2.24, 2.45) is 0 Å². The zero-order valence-electron chi connectivity index (χ0n) is 11.1. The standard InChI is InChI=1S/C14H13F3IN3/c1-2-19-12-7-9(14(15,16)17)8-13(21-12)20-11-5-3-10(18)4-6-11/h3-8H,2H2,1H3,(H2,19,20,21). The van der Waals surface area contributed by atoms with Gasteiger partial charge in [-0.15, -0.1) is 0 Å². The van der Waals surface area contributed by atoms with Gasteiger partial charge in [-0.1, -0.05) is 0 Å². The van der Waals surface area contributed by atoms with E-state index < -0.39 is 11.7 Å². The third kappa shape index (κ3) is 4.48. The van der Waals surface area contributed by atoms with Crippen molar-refractivity contribution in [2.75, 3.05) is 17.2 Å². The molecule has 0 aliphatic heterocycles. The predicted molar refractivity (Wildman–Crippen MR) is 85.8 cm³/mol. The highest BCUT2D eigenvalue weighted by Gasteiger charge is 2.31. The summed E-state index contributed by atoms with van der Waals surface area (Å²) in [5.41, 5.74) is -0.0499. The first-order chi connectivity index (χ1) is 9.88. The molecule has 0 atom stereocenters. The lowest BCUT2D eigenvalue weighted by molar-refractivity contribution is -0.137. The van der Waals surface area contributed by atoms with Crippen LogP contribution in [0.1, 0.15) is 12.5 Å². The fourth-order valence-corrected chi connectivity index (χ4v) is 2.07. The summed E-state index contributed by atoms with van der Waals surface area (Å²) in [6.07, 6.45) is -4.41. The van der Waals surface area contributed by atoms with Crippen molar-refractivity contribution in [3.8, 4) is 0 Å². The van der Waals surface area contributed by atoms with Gasteiger partial charge in [-0.25, -0.2) is 4.98 Å². The second kappa shape index (κ2) is 6.50. The van der Waals surface area contributed by atoms with Gasteiger partial charge in [0.2, 0.25) is 0 Å². The van der Waals surface area contributed by atoms with E-state index in [1.807, 2.05) is 12.1 Å². The first kappa shape index (κ1) is 15.9. The molecule has 2 aromatic rings. The van der Waals surface area contributed by atoms with Crippen LogP contribution in [0.3, 0.4) is 0 Å². The molecule has 0 aliphatic rings. The second-order valence-corrected chi connectivity index (χ2v) is 5.53. The van der Waals surface area contributed by atoms with Crippen molar-refractivity contribution in [1.29, 1.82) is 0 Å². The van der Waals surface area contributed by atoms with Crippen molar-refractivity contribution in [3.63, 3.8) is 0 Å². The molecule has 1 aromatic carbocycles. The van der Waals surface area contributed by atoms with Crippen molar-refractivity contribution >= 4 is 39.9 Å². The van der Waals surface area contributed by atoms with Gasteiger partial charge in [0.05, 0.1) is 5.56 Å². The van der Waals surface area contributed by atoms with E-state index in [1.54, 1.807) is 19.1 Å². The maximum absolute atomic E-state index is 12.9. The highest BCUT2D eigenvalue weighted by atomic mass is 127. The number of pyridine rings is 1. The van der Waals surface area contributed by atoms with Gasteiger partial charge in [0, 0.05) is 15.8 Å². The van der Waals surface area contributed by atoms with Crippen LogP contribution in [0.15, 0.2) is 36.4 Å². The fourth-order valence-electron chi connectivity index (χ4n) is 1.71. The average Bonchev–Trinajstić information content (AvgIpc) is 2.41. The van der Waals surface area contributed by atoms with Crippen molar-refractivity contribution in [1.82, 2.24) is 4.98 Å². The summed E-state index contributed by atoms with van der Waals surface area (Å²) in [5, 5.41) is 5.69. The molecule has 3 nitrogen and oxygen atoms in total. The van der Waals surface area contributed by atoms with Gasteiger partial charge >= 0.3 is 6.18 Å². The number of hydrogen-bond acceptors (Lipinski definition) is 3. The molecule has 0 unspecified atom stereocenters. The van der Waals surface area contributed by atoms with Gasteiger partial charge in [0.25, 0.3) is 0 Å². The Balaban J connectivity index is 2.33. The molecule has 0 saturated heterocycles. The molecule has 0 bridgehead atoms. The smallest absolute Gasteiger partial charge is 0.370 e. The Labute approximate surface area is 134 Å². The molecule has 1 aromatic heterocycles. The summed E-state index contributed by atoms with van der Waals surface area (Å²) in [4.78, 5) is 4.13. The normalized spacial score (nSPS) is 11.3. The molecule has 0 amide bonds. The Kier molecular flexibility index (Phi) is 4.92. The molecule has 0 radical (unpaired) electrons. The Morgan fingerprint density at radius 1 is 1.10 bits per heavy atom. The molecule has 1 heterocycles. The van der Waals surface area contributed by atoms with Crippen molar-refractivity contribution in [3.05, 3.63) is 45.5 Å². The summed E-state index contributed by atoms with van der Waals surface area (Å²) in [6, 6.07) is 9.30. The van der Waals surface area contributed by atoms with Gasteiger partial charge in [0.1, 0.15) is 11.6 Å². The van der Waals surface area contributed by atoms with E-state index in [1.165, 1.54) is 0 Å². The summed E-state index contributed by atoms with van der Waals surface area (Å²) < 4.78 is 39.7. The van der Waals surface area contributed by atoms with Crippen LogP contribution in [0.25, 0.3) is 0 Å². The molecule has 0 aliphatic carbocycles. The van der Waals surface area contributed by atoms with Crippen LogP contribution in [0, 0.1) is 3.57 Å². The van der Waals surface area contributed by atoms with Crippen molar-refractivity contribution < 1.29 is 13.2 Å². The highest BCUT2D eigenvalue weighted by molar-refractivity contribution is 14.1. The van der Waals surface area contributed by atoms with Gasteiger partial charge < -0.3 is 10.6 Å². The van der Waals surface area contributed by atoms with E-state index in [9.17, 15) is 13.2 Å². The minimum absolute atomic E-state index is 0.155. The zero-order chi connectivity index (χ0) is 15.5. The van der Waals surface area contributed by atoms with Crippen LogP contribution >= 0.6 is 22.6 Å². The van der Waals surface area contributed by atoms with Gasteiger partial charge in [-0.3, -0.25) is 0 Å². The van der Waals surface area contributed by atoms with E-state index in [4.69, 9.17) is 0 Å². The minimum atomic E-state index is -4.41. The predicted octanol–water partition coefficient (Wildman–Crippen LogP) is 4.88. The Morgan fingerprint density at radius 3 is 2.29 bits per heavy atom. The molecule has 0 spiro atoms. The monoisotopic (exact) mass is 407 g/mol. The first-order valence-corrected chi connectivity index (χ1v) is 7.32. The van der Waals surface area contributed by atoms with E-state index >= 15 is 0 Å². The highest BCUT2D eigenvalue weighted by Crippen LogP contribution is 2.32. The molecular weight excluding hydrogens is 394 g/mol. The van der Waals surface area contributed by atoms with E-state index in [0.29, 0.717) is 12.2 Å². The summed E-state index contributed by atoms with van der Waals surface area (Å²) in [6.45, 7) is 2.30. The van der Waals surface area contributed by atoms with E-state index in [0.717, 1.165) is 15.7 Å². The van der Waals surface area contributed by atoms with Crippen LogP contribution in [-0.2, 0) is 6.18 Å². The number of nitrogens with one attached hydrogen (secondary N) is 2. The fraction of sp³-hybridized carbons (Fsp3) is 0.214. The largest absolute Gasteiger partial charge is 0.416 e. The lowest BCUT2D eigenvalue weighted by Crippen LogP contribution is -2.09. The topological polar surface area (TPSA) is 37.0 Å². The number of rotatable bonds is 4.